The lowest BCUT2D eigenvalue weighted by Gasteiger charge is -2.36. The van der Waals surface area contributed by atoms with Crippen molar-refractivity contribution >= 4 is 44.7 Å². The van der Waals surface area contributed by atoms with Gasteiger partial charge in [0.1, 0.15) is 0 Å². The van der Waals surface area contributed by atoms with Crippen LogP contribution < -0.4 is 0 Å². The molecule has 0 spiro atoms. The van der Waals surface area contributed by atoms with Crippen molar-refractivity contribution < 1.29 is 0 Å². The van der Waals surface area contributed by atoms with Crippen LogP contribution in [0.1, 0.15) is 294 Å². The summed E-state index contributed by atoms with van der Waals surface area (Å²) in [4.78, 5) is 5.42. The quantitative estimate of drug-likeness (QED) is 0.188. The lowest BCUT2D eigenvalue weighted by molar-refractivity contribution is 0.449. The Morgan fingerprint density at radius 2 is 0.857 bits per heavy atom. The molecular weight excluding hydrogens is 965 g/mol. The fourth-order valence-electron chi connectivity index (χ4n) is 11.3. The van der Waals surface area contributed by atoms with Crippen molar-refractivity contribution in [3.8, 4) is 10.4 Å². The summed E-state index contributed by atoms with van der Waals surface area (Å²) in [6.45, 7) is 91.4. The predicted octanol–water partition coefficient (Wildman–Crippen LogP) is 25.7. The molecule has 2 heterocycles. The molecule has 2 aromatic rings. The molecule has 1 aromatic heterocycles. The van der Waals surface area contributed by atoms with Crippen LogP contribution in [0.4, 0.5) is 0 Å². The van der Waals surface area contributed by atoms with E-state index >= 15 is 0 Å². The molecule has 0 radical (unpaired) electrons. The molecule has 0 atom stereocenters. The molecule has 0 fully saturated rings. The van der Waals surface area contributed by atoms with Gasteiger partial charge in [0.25, 0.3) is 0 Å². The Labute approximate surface area is 487 Å². The van der Waals surface area contributed by atoms with Crippen LogP contribution in [0, 0.1) is 50.2 Å². The van der Waals surface area contributed by atoms with Crippen LogP contribution in [-0.2, 0) is 10.8 Å². The highest BCUT2D eigenvalue weighted by Gasteiger charge is 2.38. The Hall–Kier alpha value is -3.03. The van der Waals surface area contributed by atoms with Gasteiger partial charge in [0, 0.05) is 25.8 Å². The lowest BCUT2D eigenvalue weighted by atomic mass is 9.70. The van der Waals surface area contributed by atoms with Gasteiger partial charge >= 0.3 is 0 Å². The molecule has 0 N–H and O–H groups in total. The van der Waals surface area contributed by atoms with Crippen LogP contribution in [0.5, 0.6) is 0 Å². The van der Waals surface area contributed by atoms with E-state index in [1.54, 1.807) is 0 Å². The minimum absolute atomic E-state index is 0.00924. The Balaban J connectivity index is 3.39. The van der Waals surface area contributed by atoms with Crippen molar-refractivity contribution in [2.45, 2.75) is 274 Å². The first-order valence-electron chi connectivity index (χ1n) is 29.4. The number of hydrogen-bond acceptors (Lipinski definition) is 2. The second kappa shape index (κ2) is 22.4. The SMILES string of the molecule is C/C(=C(\C=C(/C)c1c(C)c(/C(C)=C(C)/C(=C(\C)C(C)(C)C)C(C)(C)C)c(-c2cc(C(C)(C)C)c(C(C)(C)C)s2)c(C2=C=CC(C(C)(C)C)=C(C(C)(C)C)S2)c1/C(C)=C/C(=C(\C)C(C)(C)C)C(C)(C)C)C(C)(C)C)C(C)(C)C. The maximum Gasteiger partial charge on any atom is 0.0623 e. The summed E-state index contributed by atoms with van der Waals surface area (Å²) in [6, 6.07) is 2.62. The van der Waals surface area contributed by atoms with E-state index in [4.69, 9.17) is 0 Å². The van der Waals surface area contributed by atoms with Gasteiger partial charge in [0.15, 0.2) is 0 Å². The van der Waals surface area contributed by atoms with Crippen molar-refractivity contribution in [2.24, 2.45) is 43.3 Å². The third-order valence-electron chi connectivity index (χ3n) is 16.5. The van der Waals surface area contributed by atoms with Gasteiger partial charge < -0.3 is 0 Å². The minimum atomic E-state index is -0.109. The summed E-state index contributed by atoms with van der Waals surface area (Å²) in [5.41, 5.74) is 28.2. The topological polar surface area (TPSA) is 0 Å². The molecule has 0 saturated heterocycles. The summed E-state index contributed by atoms with van der Waals surface area (Å²) < 4.78 is 0. The molecule has 0 bridgehead atoms. The summed E-state index contributed by atoms with van der Waals surface area (Å²) in [7, 11) is 0. The van der Waals surface area contributed by atoms with Gasteiger partial charge in [0.05, 0.1) is 4.91 Å². The van der Waals surface area contributed by atoms with Crippen LogP contribution in [0.2, 0.25) is 0 Å². The maximum absolute atomic E-state index is 4.19. The molecule has 0 aliphatic carbocycles. The minimum Gasteiger partial charge on any atom is -0.139 e. The van der Waals surface area contributed by atoms with Crippen molar-refractivity contribution in [1.82, 2.24) is 0 Å². The average Bonchev–Trinajstić information content (AvgIpc) is 3.68. The molecule has 430 valence electrons. The van der Waals surface area contributed by atoms with Crippen LogP contribution in [0.15, 0.2) is 79.5 Å². The van der Waals surface area contributed by atoms with Crippen LogP contribution in [-0.4, -0.2) is 0 Å². The van der Waals surface area contributed by atoms with E-state index in [0.717, 1.165) is 0 Å². The van der Waals surface area contributed by atoms with Crippen molar-refractivity contribution in [3.05, 3.63) is 118 Å². The highest BCUT2D eigenvalue weighted by atomic mass is 32.2. The molecule has 1 aliphatic rings. The zero-order chi connectivity index (χ0) is 60.7. The molecule has 77 heavy (non-hydrogen) atoms. The summed E-state index contributed by atoms with van der Waals surface area (Å²) >= 11 is 4.03. The summed E-state index contributed by atoms with van der Waals surface area (Å²) in [6.07, 6.45) is 7.59. The number of allylic oxidation sites excluding steroid dienone is 15. The normalized spacial score (nSPS) is 17.1. The number of benzene rings is 1. The second-order valence-corrected chi connectivity index (χ2v) is 35.9. The monoisotopic (exact) mass is 1080 g/mol. The molecule has 3 rings (SSSR count). The van der Waals surface area contributed by atoms with Gasteiger partial charge in [-0.25, -0.2) is 0 Å². The first-order valence-corrected chi connectivity index (χ1v) is 31.0. The van der Waals surface area contributed by atoms with Crippen LogP contribution in [0.3, 0.4) is 0 Å². The Kier molecular flexibility index (Phi) is 19.8. The maximum atomic E-state index is 4.19. The molecule has 1 aromatic carbocycles. The summed E-state index contributed by atoms with van der Waals surface area (Å²) in [5.74, 6) is 0. The highest BCUT2D eigenvalue weighted by molar-refractivity contribution is 8.11. The van der Waals surface area contributed by atoms with E-state index in [1.165, 1.54) is 120 Å². The van der Waals surface area contributed by atoms with Gasteiger partial charge in [-0.15, -0.1) is 17.1 Å². The van der Waals surface area contributed by atoms with E-state index < -0.39 is 0 Å². The zero-order valence-electron chi connectivity index (χ0n) is 57.6. The van der Waals surface area contributed by atoms with Gasteiger partial charge in [0.2, 0.25) is 0 Å². The van der Waals surface area contributed by atoms with Crippen LogP contribution in [0.25, 0.3) is 32.1 Å². The first kappa shape index (κ1) is 68.2. The average molecular weight is 1080 g/mol. The van der Waals surface area contributed by atoms with E-state index in [-0.39, 0.29) is 54.1 Å². The zero-order valence-corrected chi connectivity index (χ0v) is 59.3. The largest absolute Gasteiger partial charge is 0.139 e. The van der Waals surface area contributed by atoms with E-state index in [2.05, 4.69) is 293 Å². The molecular formula is C75H118S2. The number of thioether (sulfide) groups is 1. The fourth-order valence-corrected chi connectivity index (χ4v) is 14.2. The van der Waals surface area contributed by atoms with E-state index in [0.29, 0.717) is 0 Å². The predicted molar refractivity (Wildman–Crippen MR) is 357 cm³/mol. The molecule has 2 heteroatoms. The fraction of sp³-hybridized carbons (Fsp3) is 0.640. The molecule has 0 nitrogen and oxygen atoms in total. The Morgan fingerprint density at radius 3 is 1.18 bits per heavy atom. The lowest BCUT2D eigenvalue weighted by Crippen LogP contribution is -2.20. The molecule has 0 saturated carbocycles. The van der Waals surface area contributed by atoms with Crippen molar-refractivity contribution in [1.29, 1.82) is 0 Å². The first-order chi connectivity index (χ1) is 33.9. The molecule has 0 amide bonds. The number of rotatable bonds is 8. The highest BCUT2D eigenvalue weighted by Crippen LogP contribution is 2.58. The number of thiophene rings is 1. The van der Waals surface area contributed by atoms with Gasteiger partial charge in [-0.3, -0.25) is 0 Å². The molecule has 0 unspecified atom stereocenters. The third-order valence-corrected chi connectivity index (χ3v) is 19.6. The van der Waals surface area contributed by atoms with E-state index in [9.17, 15) is 0 Å². The standard InChI is InChI=1S/C75H118S2/c1-44(41-53(70(21,22)23)49(6)66(9,10)11)58-48(5)60(46(3)47(4)63(73(30,31)32)51(8)68(15,16)17)62(57-43-55(72(27,28)29)65(77-57)75(36,37)38)61(56-40-39-52(69(18,19)20)64(76-56)74(33,34)35)59(58)45(2)42-54(71(24,25)26)50(7)67(12,13)14/h39,41-43H,1-38H3/b44-41+,45-42+,47-46+,53-49-,54-50-,63-51-. The van der Waals surface area contributed by atoms with Gasteiger partial charge in [-0.05, 0) is 194 Å². The van der Waals surface area contributed by atoms with Gasteiger partial charge in [-0.1, -0.05) is 248 Å². The smallest absolute Gasteiger partial charge is 0.0623 e. The summed E-state index contributed by atoms with van der Waals surface area (Å²) in [5, 5.41) is 0. The molecule has 1 aliphatic heterocycles. The second-order valence-electron chi connectivity index (χ2n) is 33.8. The van der Waals surface area contributed by atoms with E-state index in [1.807, 2.05) is 23.1 Å². The Bertz CT molecular complexity index is 2860. The van der Waals surface area contributed by atoms with Crippen molar-refractivity contribution in [2.75, 3.05) is 0 Å². The third kappa shape index (κ3) is 15.5. The van der Waals surface area contributed by atoms with Crippen molar-refractivity contribution in [3.63, 3.8) is 0 Å². The van der Waals surface area contributed by atoms with Gasteiger partial charge in [-0.2, -0.15) is 0 Å². The van der Waals surface area contributed by atoms with Crippen LogP contribution >= 0.6 is 23.1 Å². The number of hydrogen-bond donors (Lipinski definition) is 0. The Morgan fingerprint density at radius 1 is 0.442 bits per heavy atom.